The van der Waals surface area contributed by atoms with E-state index in [2.05, 4.69) is 36.1 Å². The molecule has 3 rings (SSSR count). The lowest BCUT2D eigenvalue weighted by atomic mass is 9.88. The summed E-state index contributed by atoms with van der Waals surface area (Å²) in [4.78, 5) is 14.7. The molecule has 1 aliphatic heterocycles. The molecular formula is C18H25NO. The predicted octanol–water partition coefficient (Wildman–Crippen LogP) is 3.72. The standard InChI is InChI=1S/C18H25NO/c1-14-8-10-15(11-9-14)13-19-12-3-2-6-17(19)16-5-4-7-18(16)20/h8-11,16-17H,2-7,12-13H2,1H3. The van der Waals surface area contributed by atoms with Crippen LogP contribution in [0.2, 0.25) is 0 Å². The number of likely N-dealkylation sites (tertiary alicyclic amines) is 1. The van der Waals surface area contributed by atoms with Gasteiger partial charge >= 0.3 is 0 Å². The van der Waals surface area contributed by atoms with Gasteiger partial charge in [0.2, 0.25) is 0 Å². The molecule has 1 aliphatic carbocycles. The zero-order chi connectivity index (χ0) is 13.9. The van der Waals surface area contributed by atoms with Crippen LogP contribution in [0.3, 0.4) is 0 Å². The highest BCUT2D eigenvalue weighted by molar-refractivity contribution is 5.83. The maximum absolute atomic E-state index is 12.1. The molecule has 20 heavy (non-hydrogen) atoms. The number of hydrogen-bond acceptors (Lipinski definition) is 2. The van der Waals surface area contributed by atoms with E-state index in [1.807, 2.05) is 0 Å². The average Bonchev–Trinajstić information content (AvgIpc) is 2.88. The van der Waals surface area contributed by atoms with Gasteiger partial charge in [-0.2, -0.15) is 0 Å². The molecule has 2 unspecified atom stereocenters. The van der Waals surface area contributed by atoms with Crippen molar-refractivity contribution in [2.24, 2.45) is 5.92 Å². The number of nitrogens with zero attached hydrogens (tertiary/aromatic N) is 1. The van der Waals surface area contributed by atoms with Gasteiger partial charge in [0, 0.05) is 24.9 Å². The van der Waals surface area contributed by atoms with Crippen LogP contribution in [0.4, 0.5) is 0 Å². The number of carbonyl (C=O) groups is 1. The highest BCUT2D eigenvalue weighted by Crippen LogP contribution is 2.33. The lowest BCUT2D eigenvalue weighted by Crippen LogP contribution is -2.44. The number of rotatable bonds is 3. The number of carbonyl (C=O) groups excluding carboxylic acids is 1. The van der Waals surface area contributed by atoms with E-state index in [0.717, 1.165) is 32.4 Å². The Labute approximate surface area is 122 Å². The summed E-state index contributed by atoms with van der Waals surface area (Å²) < 4.78 is 0. The van der Waals surface area contributed by atoms with Gasteiger partial charge < -0.3 is 0 Å². The van der Waals surface area contributed by atoms with E-state index in [9.17, 15) is 4.79 Å². The molecule has 0 amide bonds. The lowest BCUT2D eigenvalue weighted by Gasteiger charge is -2.38. The fraction of sp³-hybridized carbons (Fsp3) is 0.611. The molecule has 0 aromatic heterocycles. The third kappa shape index (κ3) is 2.95. The summed E-state index contributed by atoms with van der Waals surface area (Å²) in [5, 5.41) is 0. The number of piperidine rings is 1. The third-order valence-electron chi connectivity index (χ3n) is 4.99. The fourth-order valence-corrected chi connectivity index (χ4v) is 3.85. The van der Waals surface area contributed by atoms with Crippen molar-refractivity contribution in [1.29, 1.82) is 0 Å². The van der Waals surface area contributed by atoms with Crippen molar-refractivity contribution in [2.75, 3.05) is 6.54 Å². The number of aryl methyl sites for hydroxylation is 1. The molecule has 0 N–H and O–H groups in total. The molecule has 2 atom stereocenters. The van der Waals surface area contributed by atoms with Crippen molar-refractivity contribution in [3.05, 3.63) is 35.4 Å². The largest absolute Gasteiger partial charge is 0.299 e. The van der Waals surface area contributed by atoms with Gasteiger partial charge in [0.05, 0.1) is 0 Å². The molecule has 1 heterocycles. The number of benzene rings is 1. The van der Waals surface area contributed by atoms with Crippen LogP contribution in [-0.2, 0) is 11.3 Å². The summed E-state index contributed by atoms with van der Waals surface area (Å²) in [7, 11) is 0. The third-order valence-corrected chi connectivity index (χ3v) is 4.99. The van der Waals surface area contributed by atoms with Crippen LogP contribution in [0.1, 0.15) is 49.7 Å². The fourth-order valence-electron chi connectivity index (χ4n) is 3.85. The zero-order valence-electron chi connectivity index (χ0n) is 12.5. The van der Waals surface area contributed by atoms with E-state index in [4.69, 9.17) is 0 Å². The maximum Gasteiger partial charge on any atom is 0.137 e. The Kier molecular flexibility index (Phi) is 4.21. The molecule has 0 spiro atoms. The molecule has 2 aliphatic rings. The SMILES string of the molecule is Cc1ccc(CN2CCCCC2C2CCCC2=O)cc1. The lowest BCUT2D eigenvalue weighted by molar-refractivity contribution is -0.123. The van der Waals surface area contributed by atoms with Crippen LogP contribution in [0.15, 0.2) is 24.3 Å². The van der Waals surface area contributed by atoms with E-state index in [1.54, 1.807) is 0 Å². The number of Topliss-reactive ketones (excluding diaryl/α,β-unsaturated/α-hetero) is 1. The van der Waals surface area contributed by atoms with Crippen molar-refractivity contribution in [2.45, 2.75) is 58.0 Å². The van der Waals surface area contributed by atoms with Crippen molar-refractivity contribution < 1.29 is 4.79 Å². The Morgan fingerprint density at radius 2 is 1.90 bits per heavy atom. The smallest absolute Gasteiger partial charge is 0.137 e. The van der Waals surface area contributed by atoms with Gasteiger partial charge in [-0.15, -0.1) is 0 Å². The van der Waals surface area contributed by atoms with E-state index < -0.39 is 0 Å². The molecule has 0 bridgehead atoms. The van der Waals surface area contributed by atoms with Crippen LogP contribution in [0.5, 0.6) is 0 Å². The average molecular weight is 271 g/mol. The van der Waals surface area contributed by atoms with E-state index in [0.29, 0.717) is 17.7 Å². The van der Waals surface area contributed by atoms with Gasteiger partial charge in [-0.25, -0.2) is 0 Å². The Morgan fingerprint density at radius 1 is 1.10 bits per heavy atom. The monoisotopic (exact) mass is 271 g/mol. The first-order chi connectivity index (χ1) is 9.74. The maximum atomic E-state index is 12.1. The van der Waals surface area contributed by atoms with Gasteiger partial charge in [0.1, 0.15) is 5.78 Å². The first-order valence-electron chi connectivity index (χ1n) is 8.06. The van der Waals surface area contributed by atoms with Crippen LogP contribution >= 0.6 is 0 Å². The molecule has 1 aromatic carbocycles. The van der Waals surface area contributed by atoms with E-state index in [1.165, 1.54) is 30.4 Å². The Hall–Kier alpha value is -1.15. The molecule has 2 nitrogen and oxygen atoms in total. The van der Waals surface area contributed by atoms with Crippen molar-refractivity contribution >= 4 is 5.78 Å². The van der Waals surface area contributed by atoms with Crippen LogP contribution < -0.4 is 0 Å². The van der Waals surface area contributed by atoms with Gasteiger partial charge in [0.25, 0.3) is 0 Å². The minimum Gasteiger partial charge on any atom is -0.299 e. The Bertz CT molecular complexity index is 465. The van der Waals surface area contributed by atoms with Crippen LogP contribution in [-0.4, -0.2) is 23.3 Å². The predicted molar refractivity (Wildman–Crippen MR) is 81.6 cm³/mol. The molecule has 2 heteroatoms. The molecule has 2 fully saturated rings. The second kappa shape index (κ2) is 6.09. The first-order valence-corrected chi connectivity index (χ1v) is 8.06. The van der Waals surface area contributed by atoms with E-state index in [-0.39, 0.29) is 0 Å². The summed E-state index contributed by atoms with van der Waals surface area (Å²) in [5.74, 6) is 0.839. The molecule has 108 valence electrons. The molecule has 0 radical (unpaired) electrons. The first kappa shape index (κ1) is 13.8. The molecule has 1 saturated heterocycles. The van der Waals surface area contributed by atoms with Crippen LogP contribution in [0, 0.1) is 12.8 Å². The summed E-state index contributed by atoms with van der Waals surface area (Å²) >= 11 is 0. The highest BCUT2D eigenvalue weighted by atomic mass is 16.1. The second-order valence-electron chi connectivity index (χ2n) is 6.48. The summed E-state index contributed by atoms with van der Waals surface area (Å²) in [6, 6.07) is 9.35. The summed E-state index contributed by atoms with van der Waals surface area (Å²) in [6.45, 7) is 4.29. The second-order valence-corrected chi connectivity index (χ2v) is 6.48. The van der Waals surface area contributed by atoms with E-state index >= 15 is 0 Å². The summed E-state index contributed by atoms with van der Waals surface area (Å²) in [5.41, 5.74) is 2.70. The zero-order valence-corrected chi connectivity index (χ0v) is 12.5. The van der Waals surface area contributed by atoms with Gasteiger partial charge in [-0.3, -0.25) is 9.69 Å². The molecule has 1 saturated carbocycles. The Balaban J connectivity index is 1.71. The number of hydrogen-bond donors (Lipinski definition) is 0. The quantitative estimate of drug-likeness (QED) is 0.835. The summed E-state index contributed by atoms with van der Waals surface area (Å²) in [6.07, 6.45) is 6.83. The van der Waals surface area contributed by atoms with Gasteiger partial charge in [-0.05, 0) is 44.7 Å². The normalized spacial score (nSPS) is 27.9. The van der Waals surface area contributed by atoms with Crippen LogP contribution in [0.25, 0.3) is 0 Å². The number of ketones is 1. The van der Waals surface area contributed by atoms with Gasteiger partial charge in [-0.1, -0.05) is 36.2 Å². The van der Waals surface area contributed by atoms with Crippen molar-refractivity contribution in [1.82, 2.24) is 4.90 Å². The Morgan fingerprint density at radius 3 is 2.60 bits per heavy atom. The van der Waals surface area contributed by atoms with Crippen molar-refractivity contribution in [3.63, 3.8) is 0 Å². The minimum atomic E-state index is 0.320. The highest BCUT2D eigenvalue weighted by Gasteiger charge is 2.36. The molecular weight excluding hydrogens is 246 g/mol. The molecule has 1 aromatic rings. The van der Waals surface area contributed by atoms with Gasteiger partial charge in [0.15, 0.2) is 0 Å². The minimum absolute atomic E-state index is 0.320. The van der Waals surface area contributed by atoms with Crippen molar-refractivity contribution in [3.8, 4) is 0 Å². The topological polar surface area (TPSA) is 20.3 Å².